The molecular formula is C6H8F3NO4S. The van der Waals surface area contributed by atoms with Crippen molar-refractivity contribution in [2.75, 3.05) is 0 Å². The Kier molecular flexibility index (Phi) is 2.97. The standard InChI is InChI=1S/C6H8F3NO4S/c7-6(8,9)15(13,14)10-4(5(11)12)3-1-2-3/h3-4,10H,1-2H2,(H,11,12). The Morgan fingerprint density at radius 1 is 1.40 bits per heavy atom. The van der Waals surface area contributed by atoms with Crippen LogP contribution in [0.1, 0.15) is 12.8 Å². The highest BCUT2D eigenvalue weighted by atomic mass is 32.2. The predicted molar refractivity (Wildman–Crippen MR) is 42.3 cm³/mol. The van der Waals surface area contributed by atoms with Gasteiger partial charge in [-0.25, -0.2) is 8.42 Å². The largest absolute Gasteiger partial charge is 0.511 e. The first-order valence-corrected chi connectivity index (χ1v) is 5.45. The number of hydrogen-bond acceptors (Lipinski definition) is 3. The van der Waals surface area contributed by atoms with Gasteiger partial charge in [0.05, 0.1) is 0 Å². The van der Waals surface area contributed by atoms with Gasteiger partial charge in [0.25, 0.3) is 0 Å². The van der Waals surface area contributed by atoms with Crippen molar-refractivity contribution in [2.45, 2.75) is 24.4 Å². The van der Waals surface area contributed by atoms with Gasteiger partial charge in [0.15, 0.2) is 0 Å². The van der Waals surface area contributed by atoms with E-state index in [1.165, 1.54) is 0 Å². The second-order valence-corrected chi connectivity index (χ2v) is 4.93. The molecule has 0 aromatic rings. The van der Waals surface area contributed by atoms with Crippen molar-refractivity contribution in [2.24, 2.45) is 5.92 Å². The highest BCUT2D eigenvalue weighted by Gasteiger charge is 2.50. The van der Waals surface area contributed by atoms with Gasteiger partial charge in [0.1, 0.15) is 6.04 Å². The zero-order chi connectivity index (χ0) is 11.9. The fraction of sp³-hybridized carbons (Fsp3) is 0.833. The van der Waals surface area contributed by atoms with Crippen LogP contribution in [-0.4, -0.2) is 31.0 Å². The molecule has 0 bridgehead atoms. The molecule has 5 nitrogen and oxygen atoms in total. The summed E-state index contributed by atoms with van der Waals surface area (Å²) in [6.07, 6.45) is 0.828. The number of rotatable bonds is 4. The molecule has 15 heavy (non-hydrogen) atoms. The lowest BCUT2D eigenvalue weighted by Crippen LogP contribution is -2.47. The number of carboxylic acid groups (broad SMARTS) is 1. The van der Waals surface area contributed by atoms with E-state index in [0.717, 1.165) is 4.72 Å². The van der Waals surface area contributed by atoms with Gasteiger partial charge in [-0.15, -0.1) is 0 Å². The third-order valence-electron chi connectivity index (χ3n) is 1.95. The summed E-state index contributed by atoms with van der Waals surface area (Å²) in [5.41, 5.74) is -5.48. The summed E-state index contributed by atoms with van der Waals surface area (Å²) in [4.78, 5) is 10.5. The summed E-state index contributed by atoms with van der Waals surface area (Å²) in [6, 6.07) is -1.68. The zero-order valence-corrected chi connectivity index (χ0v) is 8.10. The van der Waals surface area contributed by atoms with Crippen LogP contribution in [0.5, 0.6) is 0 Å². The third kappa shape index (κ3) is 2.81. The summed E-state index contributed by atoms with van der Waals surface area (Å²) in [5.74, 6) is -2.13. The minimum atomic E-state index is -5.58. The number of sulfonamides is 1. The Morgan fingerprint density at radius 3 is 2.13 bits per heavy atom. The average Bonchev–Trinajstić information content (AvgIpc) is 2.79. The molecule has 0 aromatic heterocycles. The lowest BCUT2D eigenvalue weighted by atomic mass is 10.2. The number of aliphatic carboxylic acids is 1. The number of hydrogen-bond donors (Lipinski definition) is 2. The minimum Gasteiger partial charge on any atom is -0.480 e. The van der Waals surface area contributed by atoms with Crippen molar-refractivity contribution in [1.29, 1.82) is 0 Å². The molecule has 0 aliphatic heterocycles. The molecule has 9 heteroatoms. The van der Waals surface area contributed by atoms with Crippen LogP contribution in [0.2, 0.25) is 0 Å². The summed E-state index contributed by atoms with van der Waals surface area (Å²) < 4.78 is 58.0. The molecule has 0 radical (unpaired) electrons. The van der Waals surface area contributed by atoms with Gasteiger partial charge in [-0.3, -0.25) is 4.79 Å². The van der Waals surface area contributed by atoms with Crippen LogP contribution in [0.3, 0.4) is 0 Å². The summed E-state index contributed by atoms with van der Waals surface area (Å²) >= 11 is 0. The van der Waals surface area contributed by atoms with E-state index < -0.39 is 33.5 Å². The van der Waals surface area contributed by atoms with E-state index in [0.29, 0.717) is 12.8 Å². The van der Waals surface area contributed by atoms with Crippen LogP contribution in [0.4, 0.5) is 13.2 Å². The first kappa shape index (κ1) is 12.2. The molecule has 0 saturated heterocycles. The summed E-state index contributed by atoms with van der Waals surface area (Å²) in [5, 5.41) is 8.52. The molecular weight excluding hydrogens is 239 g/mol. The number of carboxylic acids is 1. The van der Waals surface area contributed by atoms with Gasteiger partial charge in [-0.05, 0) is 18.8 Å². The lowest BCUT2D eigenvalue weighted by Gasteiger charge is -2.15. The van der Waals surface area contributed by atoms with E-state index in [1.54, 1.807) is 0 Å². The number of halogens is 3. The van der Waals surface area contributed by atoms with Crippen LogP contribution < -0.4 is 4.72 Å². The monoisotopic (exact) mass is 247 g/mol. The SMILES string of the molecule is O=C(O)C(NS(=O)(=O)C(F)(F)F)C1CC1. The second-order valence-electron chi connectivity index (χ2n) is 3.22. The Labute approximate surface area is 83.3 Å². The van der Waals surface area contributed by atoms with Gasteiger partial charge < -0.3 is 5.11 Å². The van der Waals surface area contributed by atoms with E-state index >= 15 is 0 Å². The fourth-order valence-corrected chi connectivity index (χ4v) is 1.77. The first-order valence-electron chi connectivity index (χ1n) is 3.96. The smallest absolute Gasteiger partial charge is 0.480 e. The van der Waals surface area contributed by atoms with E-state index in [4.69, 9.17) is 5.11 Å². The quantitative estimate of drug-likeness (QED) is 0.747. The maximum Gasteiger partial charge on any atom is 0.511 e. The van der Waals surface area contributed by atoms with Gasteiger partial charge in [0.2, 0.25) is 0 Å². The predicted octanol–water partition coefficient (Wildman–Crippen LogP) is 0.289. The third-order valence-corrected chi connectivity index (χ3v) is 3.12. The van der Waals surface area contributed by atoms with Gasteiger partial charge in [0, 0.05) is 0 Å². The maximum atomic E-state index is 11.9. The van der Waals surface area contributed by atoms with Crippen LogP contribution in [0.15, 0.2) is 0 Å². The molecule has 0 heterocycles. The van der Waals surface area contributed by atoms with Gasteiger partial charge in [-0.1, -0.05) is 0 Å². The second kappa shape index (κ2) is 3.63. The topological polar surface area (TPSA) is 83.5 Å². The normalized spacial score (nSPS) is 19.9. The van der Waals surface area contributed by atoms with E-state index in [-0.39, 0.29) is 0 Å². The molecule has 1 atom stereocenters. The van der Waals surface area contributed by atoms with Crippen LogP contribution in [0, 0.1) is 5.92 Å². The molecule has 1 aliphatic rings. The lowest BCUT2D eigenvalue weighted by molar-refractivity contribution is -0.139. The fourth-order valence-electron chi connectivity index (χ4n) is 1.01. The average molecular weight is 247 g/mol. The highest BCUT2D eigenvalue weighted by Crippen LogP contribution is 2.34. The summed E-state index contributed by atoms with van der Waals surface area (Å²) in [7, 11) is -5.58. The van der Waals surface area contributed by atoms with Crippen molar-refractivity contribution < 1.29 is 31.5 Å². The van der Waals surface area contributed by atoms with E-state index in [2.05, 4.69) is 0 Å². The Balaban J connectivity index is 2.79. The number of carbonyl (C=O) groups is 1. The zero-order valence-electron chi connectivity index (χ0n) is 7.28. The minimum absolute atomic E-state index is 0.414. The van der Waals surface area contributed by atoms with Crippen molar-refractivity contribution >= 4 is 16.0 Å². The molecule has 0 amide bonds. The van der Waals surface area contributed by atoms with E-state index in [9.17, 15) is 26.4 Å². The van der Waals surface area contributed by atoms with Crippen molar-refractivity contribution in [3.8, 4) is 0 Å². The number of alkyl halides is 3. The molecule has 0 aromatic carbocycles. The molecule has 0 spiro atoms. The summed E-state index contributed by atoms with van der Waals surface area (Å²) in [6.45, 7) is 0. The molecule has 88 valence electrons. The molecule has 1 aliphatic carbocycles. The van der Waals surface area contributed by atoms with Crippen LogP contribution in [0.25, 0.3) is 0 Å². The molecule has 1 rings (SSSR count). The first-order chi connectivity index (χ1) is 6.65. The van der Waals surface area contributed by atoms with Crippen LogP contribution >= 0.6 is 0 Å². The van der Waals surface area contributed by atoms with Crippen LogP contribution in [-0.2, 0) is 14.8 Å². The van der Waals surface area contributed by atoms with E-state index in [1.807, 2.05) is 0 Å². The molecule has 1 unspecified atom stereocenters. The molecule has 1 fully saturated rings. The Morgan fingerprint density at radius 2 is 1.87 bits per heavy atom. The Hall–Kier alpha value is -0.830. The van der Waals surface area contributed by atoms with Gasteiger partial charge in [-0.2, -0.15) is 17.9 Å². The van der Waals surface area contributed by atoms with Crippen molar-refractivity contribution in [1.82, 2.24) is 4.72 Å². The highest BCUT2D eigenvalue weighted by molar-refractivity contribution is 7.90. The van der Waals surface area contributed by atoms with Gasteiger partial charge >= 0.3 is 21.5 Å². The molecule has 2 N–H and O–H groups in total. The maximum absolute atomic E-state index is 11.9. The Bertz CT molecular complexity index is 359. The van der Waals surface area contributed by atoms with Crippen molar-refractivity contribution in [3.05, 3.63) is 0 Å². The number of nitrogens with one attached hydrogen (secondary N) is 1. The molecule has 1 saturated carbocycles. The van der Waals surface area contributed by atoms with Crippen molar-refractivity contribution in [3.63, 3.8) is 0 Å².